The van der Waals surface area contributed by atoms with Crippen LogP contribution >= 0.6 is 0 Å². The quantitative estimate of drug-likeness (QED) is 0.889. The van der Waals surface area contributed by atoms with Crippen LogP contribution in [0.15, 0.2) is 12.4 Å². The number of hydrogen-bond donors (Lipinski definition) is 2. The van der Waals surface area contributed by atoms with E-state index in [2.05, 4.69) is 15.2 Å². The molecule has 6 nitrogen and oxygen atoms in total. The third kappa shape index (κ3) is 2.37. The fourth-order valence-electron chi connectivity index (χ4n) is 4.30. The van der Waals surface area contributed by atoms with Gasteiger partial charge in [-0.2, -0.15) is 5.10 Å². The molecule has 4 saturated carbocycles. The van der Waals surface area contributed by atoms with E-state index in [1.807, 2.05) is 6.20 Å². The highest BCUT2D eigenvalue weighted by Crippen LogP contribution is 2.67. The maximum Gasteiger partial charge on any atom is 0.522 e. The van der Waals surface area contributed by atoms with E-state index in [0.29, 0.717) is 12.8 Å². The summed E-state index contributed by atoms with van der Waals surface area (Å²) in [6.45, 7) is 0. The minimum absolute atomic E-state index is 0.00762. The summed E-state index contributed by atoms with van der Waals surface area (Å²) in [6.07, 6.45) is 0.177. The molecule has 4 aliphatic carbocycles. The maximum atomic E-state index is 12.1. The largest absolute Gasteiger partial charge is 0.522 e. The molecule has 5 rings (SSSR count). The summed E-state index contributed by atoms with van der Waals surface area (Å²) in [4.78, 5) is 10.7. The van der Waals surface area contributed by atoms with Crippen molar-refractivity contribution in [3.8, 4) is 0 Å². The molecule has 2 bridgehead atoms. The number of ether oxygens (including phenoxy) is 1. The van der Waals surface area contributed by atoms with Gasteiger partial charge in [-0.05, 0) is 37.7 Å². The van der Waals surface area contributed by atoms with Crippen LogP contribution in [0.1, 0.15) is 43.7 Å². The van der Waals surface area contributed by atoms with Gasteiger partial charge < -0.3 is 10.4 Å². The van der Waals surface area contributed by atoms with Gasteiger partial charge in [0.25, 0.3) is 0 Å². The lowest BCUT2D eigenvalue weighted by molar-refractivity contribution is -0.353. The average molecular weight is 331 g/mol. The lowest BCUT2D eigenvalue weighted by Crippen LogP contribution is -2.76. The van der Waals surface area contributed by atoms with Crippen LogP contribution in [-0.4, -0.2) is 39.0 Å². The first kappa shape index (κ1) is 14.8. The molecule has 4 aliphatic rings. The molecule has 0 aliphatic heterocycles. The van der Waals surface area contributed by atoms with E-state index >= 15 is 0 Å². The van der Waals surface area contributed by atoms with Crippen molar-refractivity contribution in [3.05, 3.63) is 18.0 Å². The van der Waals surface area contributed by atoms with Gasteiger partial charge in [0.1, 0.15) is 0 Å². The van der Waals surface area contributed by atoms with Crippen LogP contribution in [0, 0.1) is 0 Å². The Balaban J connectivity index is 1.33. The van der Waals surface area contributed by atoms with Gasteiger partial charge in [-0.3, -0.25) is 9.42 Å². The first-order chi connectivity index (χ1) is 10.7. The maximum absolute atomic E-state index is 12.1. The van der Waals surface area contributed by atoms with Crippen molar-refractivity contribution in [3.63, 3.8) is 0 Å². The van der Waals surface area contributed by atoms with Gasteiger partial charge in [0.05, 0.1) is 18.3 Å². The molecule has 1 aromatic heterocycles. The SMILES string of the molecule is O=C(O)NC12CC(c3cnn([C@H]4C[C@@H](OC(F)(F)F)C4)c3)(C1)C2. The van der Waals surface area contributed by atoms with Crippen molar-refractivity contribution in [1.29, 1.82) is 0 Å². The number of halogens is 3. The van der Waals surface area contributed by atoms with Crippen molar-refractivity contribution in [1.82, 2.24) is 15.1 Å². The predicted molar refractivity (Wildman–Crippen MR) is 70.8 cm³/mol. The van der Waals surface area contributed by atoms with E-state index in [1.165, 1.54) is 0 Å². The number of nitrogens with one attached hydrogen (secondary N) is 1. The molecule has 0 atom stereocenters. The van der Waals surface area contributed by atoms with Gasteiger partial charge in [0.2, 0.25) is 0 Å². The second-order valence-electron chi connectivity index (χ2n) is 7.04. The van der Waals surface area contributed by atoms with Gasteiger partial charge in [-0.25, -0.2) is 4.79 Å². The normalized spacial score (nSPS) is 38.2. The van der Waals surface area contributed by atoms with Crippen LogP contribution in [0.5, 0.6) is 0 Å². The van der Waals surface area contributed by atoms with E-state index in [9.17, 15) is 18.0 Å². The summed E-state index contributed by atoms with van der Waals surface area (Å²) >= 11 is 0. The molecule has 126 valence electrons. The summed E-state index contributed by atoms with van der Waals surface area (Å²) < 4.78 is 42.0. The van der Waals surface area contributed by atoms with Crippen LogP contribution in [0.2, 0.25) is 0 Å². The molecule has 0 radical (unpaired) electrons. The average Bonchev–Trinajstić information content (AvgIpc) is 2.73. The standard InChI is InChI=1S/C14H16F3N3O3/c15-14(16,17)23-10-1-9(2-10)20-4-8(3-18-20)12-5-13(6-12,7-12)19-11(21)22/h3-4,9-10,19H,1-2,5-7H2,(H,21,22)/t9-,10+,12?,13?. The monoisotopic (exact) mass is 331 g/mol. The van der Waals surface area contributed by atoms with Crippen molar-refractivity contribution in [2.45, 2.75) is 61.6 Å². The fourth-order valence-corrected chi connectivity index (χ4v) is 4.30. The van der Waals surface area contributed by atoms with Crippen molar-refractivity contribution >= 4 is 6.09 Å². The number of carboxylic acid groups (broad SMARTS) is 1. The first-order valence-corrected chi connectivity index (χ1v) is 7.49. The topological polar surface area (TPSA) is 76.4 Å². The molecule has 9 heteroatoms. The molecular weight excluding hydrogens is 315 g/mol. The lowest BCUT2D eigenvalue weighted by atomic mass is 9.38. The summed E-state index contributed by atoms with van der Waals surface area (Å²) in [5.74, 6) is 0. The van der Waals surface area contributed by atoms with Gasteiger partial charge in [0.15, 0.2) is 0 Å². The smallest absolute Gasteiger partial charge is 0.465 e. The van der Waals surface area contributed by atoms with Crippen molar-refractivity contribution < 1.29 is 27.8 Å². The Labute approximate surface area is 129 Å². The second kappa shape index (κ2) is 4.40. The Kier molecular flexibility index (Phi) is 2.83. The number of hydrogen-bond acceptors (Lipinski definition) is 3. The highest BCUT2D eigenvalue weighted by molar-refractivity contribution is 5.67. The zero-order valence-corrected chi connectivity index (χ0v) is 12.1. The summed E-state index contributed by atoms with van der Waals surface area (Å²) in [5, 5.41) is 15.6. The Morgan fingerprint density at radius 1 is 1.39 bits per heavy atom. The molecule has 0 spiro atoms. The Hall–Kier alpha value is -1.77. The van der Waals surface area contributed by atoms with E-state index in [1.54, 1.807) is 10.9 Å². The molecule has 4 fully saturated rings. The second-order valence-corrected chi connectivity index (χ2v) is 7.04. The number of rotatable bonds is 4. The molecular formula is C14H16F3N3O3. The first-order valence-electron chi connectivity index (χ1n) is 7.49. The van der Waals surface area contributed by atoms with Crippen LogP contribution < -0.4 is 5.32 Å². The van der Waals surface area contributed by atoms with E-state index in [4.69, 9.17) is 5.11 Å². The number of amides is 1. The van der Waals surface area contributed by atoms with Crippen LogP contribution in [-0.2, 0) is 10.2 Å². The van der Waals surface area contributed by atoms with Crippen LogP contribution in [0.25, 0.3) is 0 Å². The molecule has 1 amide bonds. The van der Waals surface area contributed by atoms with Gasteiger partial charge >= 0.3 is 12.5 Å². The highest BCUT2D eigenvalue weighted by Gasteiger charge is 2.69. The number of alkyl halides is 3. The third-order valence-corrected chi connectivity index (χ3v) is 5.36. The lowest BCUT2D eigenvalue weighted by Gasteiger charge is -2.70. The highest BCUT2D eigenvalue weighted by atomic mass is 19.4. The van der Waals surface area contributed by atoms with Crippen molar-refractivity contribution in [2.24, 2.45) is 0 Å². The van der Waals surface area contributed by atoms with Gasteiger partial charge in [0, 0.05) is 17.2 Å². The van der Waals surface area contributed by atoms with Crippen molar-refractivity contribution in [2.75, 3.05) is 0 Å². The molecule has 1 aromatic rings. The molecule has 0 unspecified atom stereocenters. The van der Waals surface area contributed by atoms with Crippen LogP contribution in [0.3, 0.4) is 0 Å². The number of carbonyl (C=O) groups is 1. The van der Waals surface area contributed by atoms with E-state index in [-0.39, 0.29) is 17.0 Å². The Bertz CT molecular complexity index is 631. The zero-order chi connectivity index (χ0) is 16.5. The molecule has 0 aromatic carbocycles. The number of nitrogens with zero attached hydrogens (tertiary/aromatic N) is 2. The zero-order valence-electron chi connectivity index (χ0n) is 12.1. The van der Waals surface area contributed by atoms with E-state index in [0.717, 1.165) is 24.8 Å². The summed E-state index contributed by atoms with van der Waals surface area (Å²) in [5.41, 5.74) is 0.759. The minimum atomic E-state index is -4.58. The minimum Gasteiger partial charge on any atom is -0.465 e. The molecule has 2 N–H and O–H groups in total. The Morgan fingerprint density at radius 2 is 2.04 bits per heavy atom. The molecule has 0 saturated heterocycles. The summed E-state index contributed by atoms with van der Waals surface area (Å²) in [6, 6.07) is -0.0606. The molecule has 23 heavy (non-hydrogen) atoms. The third-order valence-electron chi connectivity index (χ3n) is 5.36. The fraction of sp³-hybridized carbons (Fsp3) is 0.714. The summed E-state index contributed by atoms with van der Waals surface area (Å²) in [7, 11) is 0. The van der Waals surface area contributed by atoms with E-state index < -0.39 is 18.6 Å². The number of aromatic nitrogens is 2. The Morgan fingerprint density at radius 3 is 2.61 bits per heavy atom. The van der Waals surface area contributed by atoms with Gasteiger partial charge in [-0.15, -0.1) is 13.2 Å². The van der Waals surface area contributed by atoms with Crippen LogP contribution in [0.4, 0.5) is 18.0 Å². The van der Waals surface area contributed by atoms with Gasteiger partial charge in [-0.1, -0.05) is 0 Å². The molecule has 1 heterocycles. The predicted octanol–water partition coefficient (Wildman–Crippen LogP) is 2.56.